The van der Waals surface area contributed by atoms with E-state index in [1.807, 2.05) is 0 Å². The molecule has 0 aromatic carbocycles. The summed E-state index contributed by atoms with van der Waals surface area (Å²) in [5.74, 6) is 0. The van der Waals surface area contributed by atoms with Crippen molar-refractivity contribution in [2.24, 2.45) is 0 Å². The van der Waals surface area contributed by atoms with Crippen molar-refractivity contribution in [1.82, 2.24) is 10.0 Å². The Hall–Kier alpha value is -0.170. The lowest BCUT2D eigenvalue weighted by Crippen LogP contribution is -2.43. The molecule has 6 heteroatoms. The molecule has 0 saturated carbocycles. The monoisotopic (exact) mass is 262 g/mol. The van der Waals surface area contributed by atoms with E-state index in [4.69, 9.17) is 4.74 Å². The largest absolute Gasteiger partial charge is 0.381 e. The lowest BCUT2D eigenvalue weighted by molar-refractivity contribution is 0.0980. The summed E-state index contributed by atoms with van der Waals surface area (Å²) in [5, 5.41) is 3.03. The SMILES string of the molecule is O=S(=O)(NC1CCCNCC1)C1CCOCC1. The highest BCUT2D eigenvalue weighted by Crippen LogP contribution is 2.16. The van der Waals surface area contributed by atoms with Gasteiger partial charge in [-0.3, -0.25) is 0 Å². The van der Waals surface area contributed by atoms with Crippen LogP contribution in [0, 0.1) is 0 Å². The summed E-state index contributed by atoms with van der Waals surface area (Å²) in [5.41, 5.74) is 0. The number of hydrogen-bond donors (Lipinski definition) is 2. The second-order valence-electron chi connectivity index (χ2n) is 4.85. The molecule has 2 saturated heterocycles. The molecule has 2 N–H and O–H groups in total. The molecule has 2 heterocycles. The number of nitrogens with one attached hydrogen (secondary N) is 2. The van der Waals surface area contributed by atoms with E-state index in [0.29, 0.717) is 26.1 Å². The first kappa shape index (κ1) is 13.3. The third-order valence-electron chi connectivity index (χ3n) is 3.51. The first-order chi connectivity index (χ1) is 8.18. The predicted octanol–water partition coefficient (Wildman–Crippen LogP) is 0.227. The minimum atomic E-state index is -3.16. The van der Waals surface area contributed by atoms with Crippen LogP contribution >= 0.6 is 0 Å². The summed E-state index contributed by atoms with van der Waals surface area (Å²) in [6.07, 6.45) is 4.12. The highest BCUT2D eigenvalue weighted by atomic mass is 32.2. The van der Waals surface area contributed by atoms with Crippen LogP contribution in [0.3, 0.4) is 0 Å². The Morgan fingerprint density at radius 2 is 1.82 bits per heavy atom. The molecule has 2 aliphatic rings. The fourth-order valence-electron chi connectivity index (χ4n) is 2.45. The van der Waals surface area contributed by atoms with E-state index >= 15 is 0 Å². The van der Waals surface area contributed by atoms with Crippen molar-refractivity contribution < 1.29 is 13.2 Å². The molecule has 17 heavy (non-hydrogen) atoms. The molecule has 5 nitrogen and oxygen atoms in total. The van der Waals surface area contributed by atoms with Crippen molar-refractivity contribution in [3.05, 3.63) is 0 Å². The van der Waals surface area contributed by atoms with Gasteiger partial charge in [0.1, 0.15) is 0 Å². The summed E-state index contributed by atoms with van der Waals surface area (Å²) in [4.78, 5) is 0. The molecule has 0 bridgehead atoms. The Balaban J connectivity index is 1.90. The molecule has 1 unspecified atom stereocenters. The molecule has 0 aliphatic carbocycles. The Morgan fingerprint density at radius 3 is 2.59 bits per heavy atom. The van der Waals surface area contributed by atoms with Gasteiger partial charge >= 0.3 is 0 Å². The van der Waals surface area contributed by atoms with Crippen LogP contribution in [0.1, 0.15) is 32.1 Å². The zero-order chi connectivity index (χ0) is 12.1. The third-order valence-corrected chi connectivity index (χ3v) is 5.52. The fraction of sp³-hybridized carbons (Fsp3) is 1.00. The summed E-state index contributed by atoms with van der Waals surface area (Å²) < 4.78 is 32.4. The van der Waals surface area contributed by atoms with Crippen LogP contribution in [0.25, 0.3) is 0 Å². The zero-order valence-electron chi connectivity index (χ0n) is 10.2. The number of hydrogen-bond acceptors (Lipinski definition) is 4. The van der Waals surface area contributed by atoms with E-state index in [9.17, 15) is 8.42 Å². The van der Waals surface area contributed by atoms with Gasteiger partial charge in [0.05, 0.1) is 5.25 Å². The minimum absolute atomic E-state index is 0.109. The van der Waals surface area contributed by atoms with Gasteiger partial charge < -0.3 is 10.1 Å². The van der Waals surface area contributed by atoms with Crippen molar-refractivity contribution in [1.29, 1.82) is 0 Å². The van der Waals surface area contributed by atoms with Crippen LogP contribution in [-0.2, 0) is 14.8 Å². The maximum Gasteiger partial charge on any atom is 0.214 e. The Labute approximate surface area is 103 Å². The van der Waals surface area contributed by atoms with Gasteiger partial charge in [0, 0.05) is 19.3 Å². The molecule has 0 spiro atoms. The molecule has 100 valence electrons. The summed E-state index contributed by atoms with van der Waals surface area (Å²) in [6, 6.07) is 0.109. The van der Waals surface area contributed by atoms with Gasteiger partial charge in [-0.1, -0.05) is 0 Å². The second-order valence-corrected chi connectivity index (χ2v) is 6.84. The lowest BCUT2D eigenvalue weighted by atomic mass is 10.1. The van der Waals surface area contributed by atoms with Gasteiger partial charge in [0.25, 0.3) is 0 Å². The standard InChI is InChI=1S/C11H22N2O3S/c14-17(15,11-4-8-16-9-5-11)13-10-2-1-6-12-7-3-10/h10-13H,1-9H2. The molecule has 0 amide bonds. The van der Waals surface area contributed by atoms with E-state index in [1.54, 1.807) is 0 Å². The normalized spacial score (nSPS) is 28.8. The van der Waals surface area contributed by atoms with Gasteiger partial charge in [0.15, 0.2) is 0 Å². The van der Waals surface area contributed by atoms with Crippen molar-refractivity contribution in [2.75, 3.05) is 26.3 Å². The van der Waals surface area contributed by atoms with Gasteiger partial charge in [-0.2, -0.15) is 0 Å². The van der Waals surface area contributed by atoms with Crippen LogP contribution < -0.4 is 10.0 Å². The fourth-order valence-corrected chi connectivity index (χ4v) is 4.16. The zero-order valence-corrected chi connectivity index (χ0v) is 11.0. The van der Waals surface area contributed by atoms with Crippen molar-refractivity contribution >= 4 is 10.0 Å². The van der Waals surface area contributed by atoms with Crippen LogP contribution in [0.4, 0.5) is 0 Å². The maximum absolute atomic E-state index is 12.2. The van der Waals surface area contributed by atoms with Crippen LogP contribution in [0.5, 0.6) is 0 Å². The first-order valence-corrected chi connectivity index (χ1v) is 8.03. The van der Waals surface area contributed by atoms with Crippen molar-refractivity contribution in [2.45, 2.75) is 43.4 Å². The number of rotatable bonds is 3. The maximum atomic E-state index is 12.2. The van der Waals surface area contributed by atoms with Crippen molar-refractivity contribution in [3.8, 4) is 0 Å². The number of ether oxygens (including phenoxy) is 1. The predicted molar refractivity (Wildman–Crippen MR) is 66.4 cm³/mol. The highest BCUT2D eigenvalue weighted by Gasteiger charge is 2.29. The smallest absolute Gasteiger partial charge is 0.214 e. The van der Waals surface area contributed by atoms with Crippen LogP contribution in [-0.4, -0.2) is 46.0 Å². The topological polar surface area (TPSA) is 67.4 Å². The first-order valence-electron chi connectivity index (χ1n) is 6.48. The highest BCUT2D eigenvalue weighted by molar-refractivity contribution is 7.90. The Morgan fingerprint density at radius 1 is 1.06 bits per heavy atom. The summed E-state index contributed by atoms with van der Waals surface area (Å²) in [6.45, 7) is 3.03. The Kier molecular flexibility index (Phi) is 4.78. The van der Waals surface area contributed by atoms with Gasteiger partial charge in [0.2, 0.25) is 10.0 Å². The van der Waals surface area contributed by atoms with E-state index in [1.165, 1.54) is 0 Å². The lowest BCUT2D eigenvalue weighted by Gasteiger charge is -2.25. The molecule has 0 aromatic heterocycles. The molecule has 0 radical (unpaired) electrons. The molecular formula is C11H22N2O3S. The van der Waals surface area contributed by atoms with Crippen molar-refractivity contribution in [3.63, 3.8) is 0 Å². The average Bonchev–Trinajstić information content (AvgIpc) is 2.58. The van der Waals surface area contributed by atoms with E-state index in [0.717, 1.165) is 32.4 Å². The summed E-state index contributed by atoms with van der Waals surface area (Å²) in [7, 11) is -3.16. The van der Waals surface area contributed by atoms with E-state index < -0.39 is 10.0 Å². The number of sulfonamides is 1. The second kappa shape index (κ2) is 6.13. The quantitative estimate of drug-likeness (QED) is 0.764. The van der Waals surface area contributed by atoms with Gasteiger partial charge in [-0.15, -0.1) is 0 Å². The third kappa shape index (κ3) is 3.91. The van der Waals surface area contributed by atoms with Gasteiger partial charge in [-0.05, 0) is 45.2 Å². The minimum Gasteiger partial charge on any atom is -0.381 e. The van der Waals surface area contributed by atoms with E-state index in [-0.39, 0.29) is 11.3 Å². The molecule has 2 fully saturated rings. The molecular weight excluding hydrogens is 240 g/mol. The molecule has 2 aliphatic heterocycles. The molecule has 0 aromatic rings. The van der Waals surface area contributed by atoms with Crippen LogP contribution in [0.15, 0.2) is 0 Å². The Bertz CT molecular complexity index is 318. The van der Waals surface area contributed by atoms with Gasteiger partial charge in [-0.25, -0.2) is 13.1 Å². The van der Waals surface area contributed by atoms with Crippen LogP contribution in [0.2, 0.25) is 0 Å². The summed E-state index contributed by atoms with van der Waals surface area (Å²) >= 11 is 0. The molecule has 1 atom stereocenters. The molecule has 2 rings (SSSR count). The van der Waals surface area contributed by atoms with E-state index in [2.05, 4.69) is 10.0 Å². The average molecular weight is 262 g/mol.